The SMILES string of the molecule is C[C@@H](NC(=O)C1(N(C)CCc2ccccc2)Cc2ccccc2C1)c1ncn[nH]1. The van der Waals surface area contributed by atoms with Gasteiger partial charge in [0, 0.05) is 19.4 Å². The number of likely N-dealkylation sites (N-methyl/N-ethyl adjacent to an activating group) is 1. The number of hydrogen-bond donors (Lipinski definition) is 2. The topological polar surface area (TPSA) is 73.9 Å². The van der Waals surface area contributed by atoms with E-state index >= 15 is 0 Å². The summed E-state index contributed by atoms with van der Waals surface area (Å²) in [4.78, 5) is 20.0. The fourth-order valence-corrected chi connectivity index (χ4v) is 4.18. The third-order valence-corrected chi connectivity index (χ3v) is 6.01. The van der Waals surface area contributed by atoms with E-state index < -0.39 is 5.54 Å². The van der Waals surface area contributed by atoms with Gasteiger partial charge in [-0.1, -0.05) is 54.6 Å². The highest BCUT2D eigenvalue weighted by molar-refractivity contribution is 5.88. The smallest absolute Gasteiger partial charge is 0.241 e. The van der Waals surface area contributed by atoms with Gasteiger partial charge in [-0.2, -0.15) is 5.10 Å². The molecule has 0 saturated heterocycles. The highest BCUT2D eigenvalue weighted by Gasteiger charge is 2.47. The van der Waals surface area contributed by atoms with Crippen molar-refractivity contribution in [2.24, 2.45) is 0 Å². The van der Waals surface area contributed by atoms with Gasteiger partial charge in [0.1, 0.15) is 17.7 Å². The monoisotopic (exact) mass is 389 g/mol. The molecular formula is C23H27N5O. The number of amides is 1. The van der Waals surface area contributed by atoms with Crippen molar-refractivity contribution in [2.75, 3.05) is 13.6 Å². The Balaban J connectivity index is 1.55. The molecule has 0 unspecified atom stereocenters. The van der Waals surface area contributed by atoms with Crippen molar-refractivity contribution in [3.05, 3.63) is 83.4 Å². The molecule has 1 aliphatic rings. The van der Waals surface area contributed by atoms with Crippen LogP contribution in [0.5, 0.6) is 0 Å². The number of carbonyl (C=O) groups excluding carboxylic acids is 1. The Bertz CT molecular complexity index is 929. The Morgan fingerprint density at radius 3 is 2.41 bits per heavy atom. The molecule has 0 spiro atoms. The van der Waals surface area contributed by atoms with Crippen molar-refractivity contribution >= 4 is 5.91 Å². The lowest BCUT2D eigenvalue weighted by molar-refractivity contribution is -0.133. The Labute approximate surface area is 171 Å². The average Bonchev–Trinajstić information content (AvgIpc) is 3.41. The first kappa shape index (κ1) is 19.3. The van der Waals surface area contributed by atoms with Crippen LogP contribution in [0.25, 0.3) is 0 Å². The van der Waals surface area contributed by atoms with E-state index in [1.54, 1.807) is 0 Å². The molecule has 0 radical (unpaired) electrons. The van der Waals surface area contributed by atoms with E-state index in [0.717, 1.165) is 13.0 Å². The minimum atomic E-state index is -0.604. The summed E-state index contributed by atoms with van der Waals surface area (Å²) in [6.07, 6.45) is 3.79. The van der Waals surface area contributed by atoms with Gasteiger partial charge < -0.3 is 5.32 Å². The van der Waals surface area contributed by atoms with Crippen LogP contribution in [0.2, 0.25) is 0 Å². The average molecular weight is 390 g/mol. The molecule has 6 heteroatoms. The number of nitrogens with zero attached hydrogens (tertiary/aromatic N) is 3. The molecule has 1 atom stereocenters. The van der Waals surface area contributed by atoms with Crippen LogP contribution in [0.4, 0.5) is 0 Å². The van der Waals surface area contributed by atoms with Gasteiger partial charge in [-0.05, 0) is 37.1 Å². The first-order chi connectivity index (χ1) is 14.1. The molecule has 3 aromatic rings. The molecule has 6 nitrogen and oxygen atoms in total. The van der Waals surface area contributed by atoms with Crippen LogP contribution in [0, 0.1) is 0 Å². The first-order valence-electron chi connectivity index (χ1n) is 10.1. The van der Waals surface area contributed by atoms with Crippen LogP contribution in [0.15, 0.2) is 60.9 Å². The molecular weight excluding hydrogens is 362 g/mol. The van der Waals surface area contributed by atoms with Gasteiger partial charge in [0.05, 0.1) is 6.04 Å². The zero-order valence-electron chi connectivity index (χ0n) is 16.9. The predicted molar refractivity (Wildman–Crippen MR) is 112 cm³/mol. The summed E-state index contributed by atoms with van der Waals surface area (Å²) in [5.41, 5.74) is 3.18. The first-order valence-corrected chi connectivity index (χ1v) is 10.1. The number of nitrogens with one attached hydrogen (secondary N) is 2. The van der Waals surface area contributed by atoms with E-state index in [1.165, 1.54) is 23.0 Å². The third-order valence-electron chi connectivity index (χ3n) is 6.01. The standard InChI is InChI=1S/C23H27N5O/c1-17(21-24-16-25-27-21)26-22(29)23(14-19-10-6-7-11-20(19)15-23)28(2)13-12-18-8-4-3-5-9-18/h3-11,16-17H,12-15H2,1-2H3,(H,26,29)(H,24,25,27)/t17-/m1/s1. The molecule has 0 bridgehead atoms. The van der Waals surface area contributed by atoms with Crippen molar-refractivity contribution in [3.8, 4) is 0 Å². The maximum absolute atomic E-state index is 13.6. The van der Waals surface area contributed by atoms with E-state index in [1.807, 2.05) is 25.1 Å². The number of aromatic nitrogens is 3. The highest BCUT2D eigenvalue weighted by Crippen LogP contribution is 2.35. The number of aromatic amines is 1. The summed E-state index contributed by atoms with van der Waals surface area (Å²) in [5.74, 6) is 0.698. The highest BCUT2D eigenvalue weighted by atomic mass is 16.2. The fourth-order valence-electron chi connectivity index (χ4n) is 4.18. The van der Waals surface area contributed by atoms with Gasteiger partial charge >= 0.3 is 0 Å². The molecule has 29 heavy (non-hydrogen) atoms. The van der Waals surface area contributed by atoms with Crippen molar-refractivity contribution < 1.29 is 4.79 Å². The summed E-state index contributed by atoms with van der Waals surface area (Å²) >= 11 is 0. The maximum Gasteiger partial charge on any atom is 0.241 e. The molecule has 4 rings (SSSR count). The van der Waals surface area contributed by atoms with Crippen molar-refractivity contribution in [1.82, 2.24) is 25.4 Å². The van der Waals surface area contributed by atoms with Crippen LogP contribution in [-0.4, -0.2) is 45.1 Å². The van der Waals surface area contributed by atoms with Crippen molar-refractivity contribution in [2.45, 2.75) is 37.8 Å². The number of hydrogen-bond acceptors (Lipinski definition) is 4. The zero-order chi connectivity index (χ0) is 20.3. The Morgan fingerprint density at radius 2 is 1.79 bits per heavy atom. The molecule has 2 N–H and O–H groups in total. The second kappa shape index (κ2) is 8.17. The van der Waals surface area contributed by atoms with Gasteiger partial charge in [-0.3, -0.25) is 14.8 Å². The lowest BCUT2D eigenvalue weighted by Crippen LogP contribution is -2.59. The number of carbonyl (C=O) groups is 1. The quantitative estimate of drug-likeness (QED) is 0.652. The molecule has 150 valence electrons. The molecule has 2 aromatic carbocycles. The van der Waals surface area contributed by atoms with E-state index in [2.05, 4.69) is 68.8 Å². The van der Waals surface area contributed by atoms with E-state index in [9.17, 15) is 4.79 Å². The van der Waals surface area contributed by atoms with Gasteiger partial charge in [-0.25, -0.2) is 4.98 Å². The van der Waals surface area contributed by atoms with Crippen LogP contribution in [-0.2, 0) is 24.1 Å². The summed E-state index contributed by atoms with van der Waals surface area (Å²) in [6, 6.07) is 18.6. The zero-order valence-corrected chi connectivity index (χ0v) is 16.9. The molecule has 0 saturated carbocycles. The van der Waals surface area contributed by atoms with Crippen LogP contribution in [0.3, 0.4) is 0 Å². The maximum atomic E-state index is 13.6. The summed E-state index contributed by atoms with van der Waals surface area (Å²) in [6.45, 7) is 2.74. The third kappa shape index (κ3) is 3.93. The molecule has 1 amide bonds. The number of rotatable bonds is 7. The Hall–Kier alpha value is -2.99. The van der Waals surface area contributed by atoms with Gasteiger partial charge in [0.15, 0.2) is 0 Å². The van der Waals surface area contributed by atoms with Crippen LogP contribution in [0.1, 0.15) is 35.5 Å². The summed E-state index contributed by atoms with van der Waals surface area (Å²) < 4.78 is 0. The van der Waals surface area contributed by atoms with E-state index in [0.29, 0.717) is 18.7 Å². The lowest BCUT2D eigenvalue weighted by atomic mass is 9.91. The summed E-state index contributed by atoms with van der Waals surface area (Å²) in [7, 11) is 2.06. The number of H-pyrrole nitrogens is 1. The van der Waals surface area contributed by atoms with Crippen molar-refractivity contribution in [1.29, 1.82) is 0 Å². The minimum Gasteiger partial charge on any atom is -0.345 e. The largest absolute Gasteiger partial charge is 0.345 e. The predicted octanol–water partition coefficient (Wildman–Crippen LogP) is 2.69. The molecule has 1 aromatic heterocycles. The second-order valence-electron chi connectivity index (χ2n) is 7.88. The molecule has 1 heterocycles. The normalized spacial score (nSPS) is 15.8. The van der Waals surface area contributed by atoms with Gasteiger partial charge in [-0.15, -0.1) is 0 Å². The van der Waals surface area contributed by atoms with Gasteiger partial charge in [0.25, 0.3) is 0 Å². The second-order valence-corrected chi connectivity index (χ2v) is 7.88. The van der Waals surface area contributed by atoms with Gasteiger partial charge in [0.2, 0.25) is 5.91 Å². The molecule has 0 fully saturated rings. The minimum absolute atomic E-state index is 0.0353. The van der Waals surface area contributed by atoms with E-state index in [-0.39, 0.29) is 11.9 Å². The lowest BCUT2D eigenvalue weighted by Gasteiger charge is -2.38. The Kier molecular flexibility index (Phi) is 5.45. The Morgan fingerprint density at radius 1 is 1.14 bits per heavy atom. The van der Waals surface area contributed by atoms with Crippen molar-refractivity contribution in [3.63, 3.8) is 0 Å². The van der Waals surface area contributed by atoms with Crippen LogP contribution >= 0.6 is 0 Å². The number of fused-ring (bicyclic) bond motifs is 1. The number of benzene rings is 2. The fraction of sp³-hybridized carbons (Fsp3) is 0.348. The molecule has 1 aliphatic carbocycles. The molecule has 0 aliphatic heterocycles. The van der Waals surface area contributed by atoms with E-state index in [4.69, 9.17) is 0 Å². The summed E-state index contributed by atoms with van der Waals surface area (Å²) in [5, 5.41) is 9.91. The van der Waals surface area contributed by atoms with Crippen LogP contribution < -0.4 is 5.32 Å².